The first kappa shape index (κ1) is 9.50. The Kier molecular flexibility index (Phi) is 2.10. The maximum absolute atomic E-state index is 11.0. The van der Waals surface area contributed by atoms with Crippen molar-refractivity contribution in [3.8, 4) is 12.3 Å². The second-order valence-corrected chi connectivity index (χ2v) is 7.59. The highest BCUT2D eigenvalue weighted by molar-refractivity contribution is 5.25. The Morgan fingerprint density at radius 2 is 2.18 bits per heavy atom. The second-order valence-electron chi connectivity index (χ2n) is 7.59. The molecule has 0 aromatic heterocycles. The predicted octanol–water partition coefficient (Wildman–Crippen LogP) is 3.28. The smallest absolute Gasteiger partial charge is 0.130 e. The Balaban J connectivity index is 1.84. The zero-order valence-corrected chi connectivity index (χ0v) is 13.0. The van der Waals surface area contributed by atoms with Crippen LogP contribution in [0.2, 0.25) is 0 Å². The van der Waals surface area contributed by atoms with E-state index in [0.29, 0.717) is 25.7 Å². The average molecular weight is 306 g/mol. The van der Waals surface area contributed by atoms with Crippen LogP contribution in [0, 0.1) is 41.4 Å². The lowest BCUT2D eigenvalue weighted by Crippen LogP contribution is -2.52. The van der Waals surface area contributed by atoms with Gasteiger partial charge in [0.1, 0.15) is 5.60 Å². The highest BCUT2D eigenvalue weighted by atomic mass is 16.3. The molecule has 2 N–H and O–H groups in total. The minimum atomic E-state index is -2.14. The molecule has 2 heteroatoms. The summed E-state index contributed by atoms with van der Waals surface area (Å²) in [5, 5.41) is 21.3. The maximum atomic E-state index is 11.0. The third-order valence-electron chi connectivity index (χ3n) is 6.88. The largest absolute Gasteiger partial charge is 0.389 e. The summed E-state index contributed by atoms with van der Waals surface area (Å²) in [7, 11) is 0. The lowest BCUT2D eigenvalue weighted by molar-refractivity contribution is -0.0865. The Morgan fingerprint density at radius 1 is 1.36 bits per heavy atom. The molecule has 4 rings (SSSR count). The lowest BCUT2D eigenvalue weighted by atomic mass is 9.50. The number of fused-ring (bicyclic) bond motifs is 5. The molecule has 120 valence electrons. The van der Waals surface area contributed by atoms with Crippen LogP contribution in [0.25, 0.3) is 0 Å². The summed E-state index contributed by atoms with van der Waals surface area (Å²) in [6, 6.07) is -0.463. The first-order valence-electron chi connectivity index (χ1n) is 11.3. The van der Waals surface area contributed by atoms with Gasteiger partial charge >= 0.3 is 0 Å². The molecule has 3 saturated carbocycles. The minimum Gasteiger partial charge on any atom is -0.389 e. The number of aliphatic hydroxyl groups excluding tert-OH is 1. The van der Waals surface area contributed by atoms with Crippen LogP contribution in [0.5, 0.6) is 0 Å². The number of rotatable bonds is 0. The van der Waals surface area contributed by atoms with E-state index in [1.54, 1.807) is 0 Å². The molecule has 0 aromatic carbocycles. The van der Waals surface area contributed by atoms with Crippen LogP contribution in [-0.4, -0.2) is 21.9 Å². The summed E-state index contributed by atoms with van der Waals surface area (Å²) in [6.07, 6.45) is 1.88. The van der Waals surface area contributed by atoms with E-state index >= 15 is 0 Å². The number of aliphatic hydroxyl groups is 2. The fourth-order valence-corrected chi connectivity index (χ4v) is 5.53. The Labute approximate surface area is 142 Å². The number of hydrogen-bond donors (Lipinski definition) is 2. The summed E-state index contributed by atoms with van der Waals surface area (Å²) in [4.78, 5) is 0. The highest BCUT2D eigenvalue weighted by Gasteiger charge is 2.61. The van der Waals surface area contributed by atoms with Crippen LogP contribution < -0.4 is 0 Å². The standard InChI is InChI=1S/C20H28O2/c1-3-20(22)11-9-18-17-6-4-13-12-14(21)5-7-15(13)16(17)8-10-19(18,20)2/h1,12,14-18,21-22H,4-11H2,2H3/t14-,15-,16+,17+,18-,19-,20-/m0/s1/i4D2,5D2,12D,15D. The molecule has 0 bridgehead atoms. The molecule has 0 amide bonds. The molecule has 0 heterocycles. The molecule has 4 aliphatic carbocycles. The molecular formula is C20H28O2. The molecule has 3 fully saturated rings. The monoisotopic (exact) mass is 306 g/mol. The lowest BCUT2D eigenvalue weighted by Gasteiger charge is -2.55. The third-order valence-corrected chi connectivity index (χ3v) is 6.88. The third kappa shape index (κ3) is 1.82. The summed E-state index contributed by atoms with van der Waals surface area (Å²) >= 11 is 0. The van der Waals surface area contributed by atoms with Gasteiger partial charge in [-0.2, -0.15) is 0 Å². The van der Waals surface area contributed by atoms with Crippen molar-refractivity contribution in [3.05, 3.63) is 11.6 Å². The van der Waals surface area contributed by atoms with E-state index in [0.717, 1.165) is 0 Å². The number of terminal acetylenes is 1. The molecule has 2 nitrogen and oxygen atoms in total. The summed E-state index contributed by atoms with van der Waals surface area (Å²) in [5.41, 5.74) is -1.83. The van der Waals surface area contributed by atoms with E-state index in [2.05, 4.69) is 5.92 Å². The van der Waals surface area contributed by atoms with Gasteiger partial charge in [-0.25, -0.2) is 0 Å². The highest BCUT2D eigenvalue weighted by Crippen LogP contribution is 2.64. The maximum Gasteiger partial charge on any atom is 0.130 e. The van der Waals surface area contributed by atoms with Crippen molar-refractivity contribution in [1.82, 2.24) is 0 Å². The van der Waals surface area contributed by atoms with Crippen molar-refractivity contribution in [2.24, 2.45) is 29.1 Å². The number of allylic oxidation sites excluding steroid dienone is 1. The topological polar surface area (TPSA) is 40.5 Å². The van der Waals surface area contributed by atoms with Crippen LogP contribution in [-0.2, 0) is 0 Å². The molecule has 4 aliphatic rings. The molecule has 0 aromatic rings. The van der Waals surface area contributed by atoms with Crippen molar-refractivity contribution < 1.29 is 18.4 Å². The van der Waals surface area contributed by atoms with E-state index in [1.807, 2.05) is 6.92 Å². The number of hydrogen-bond acceptors (Lipinski definition) is 2. The molecule has 0 spiro atoms. The van der Waals surface area contributed by atoms with Gasteiger partial charge in [0.2, 0.25) is 0 Å². The van der Waals surface area contributed by atoms with Gasteiger partial charge in [-0.15, -0.1) is 6.42 Å². The normalized spacial score (nSPS) is 66.1. The van der Waals surface area contributed by atoms with E-state index < -0.39 is 41.8 Å². The van der Waals surface area contributed by atoms with E-state index in [-0.39, 0.29) is 36.2 Å². The molecule has 0 saturated heterocycles. The molecule has 0 unspecified atom stereocenters. The zero-order chi connectivity index (χ0) is 20.9. The fourth-order valence-electron chi connectivity index (χ4n) is 5.53. The van der Waals surface area contributed by atoms with E-state index in [4.69, 9.17) is 13.3 Å². The van der Waals surface area contributed by atoms with Gasteiger partial charge in [-0.3, -0.25) is 0 Å². The first-order chi connectivity index (χ1) is 12.7. The molecule has 7 atom stereocenters. The minimum absolute atomic E-state index is 0.0435. The van der Waals surface area contributed by atoms with Gasteiger partial charge in [-0.1, -0.05) is 24.5 Å². The van der Waals surface area contributed by atoms with Gasteiger partial charge in [0.05, 0.1) is 7.47 Å². The molecular weight excluding hydrogens is 272 g/mol. The fraction of sp³-hybridized carbons (Fsp3) is 0.800. The first-order valence-corrected chi connectivity index (χ1v) is 8.33. The quantitative estimate of drug-likeness (QED) is 0.532. The Bertz CT molecular complexity index is 788. The van der Waals surface area contributed by atoms with Gasteiger partial charge in [-0.05, 0) is 74.9 Å². The Morgan fingerprint density at radius 3 is 2.95 bits per heavy atom. The van der Waals surface area contributed by atoms with Crippen LogP contribution >= 0.6 is 0 Å². The SMILES string of the molecule is [2H]C1=C2C([2H])([2H])C[C@@H]3[C@H](CC[C@@]4(C)[C@H]3CC[C@@]4(O)C#C)[C@@]2([2H])CC([2H])([2H])[C@@H]1O. The van der Waals surface area contributed by atoms with Crippen molar-refractivity contribution >= 4 is 0 Å². The Hall–Kier alpha value is -0.780. The van der Waals surface area contributed by atoms with Crippen LogP contribution in [0.15, 0.2) is 11.6 Å². The van der Waals surface area contributed by atoms with Crippen molar-refractivity contribution in [2.45, 2.75) is 69.9 Å². The van der Waals surface area contributed by atoms with Gasteiger partial charge in [0, 0.05) is 12.3 Å². The van der Waals surface area contributed by atoms with Crippen molar-refractivity contribution in [2.75, 3.05) is 0 Å². The summed E-state index contributed by atoms with van der Waals surface area (Å²) < 4.78 is 51.1. The van der Waals surface area contributed by atoms with Gasteiger partial charge in [0.25, 0.3) is 0 Å². The molecule has 0 radical (unpaired) electrons. The summed E-state index contributed by atoms with van der Waals surface area (Å²) in [5.74, 6) is 0.438. The van der Waals surface area contributed by atoms with Crippen molar-refractivity contribution in [3.63, 3.8) is 0 Å². The molecule has 0 aliphatic heterocycles. The average Bonchev–Trinajstić information content (AvgIpc) is 2.84. The van der Waals surface area contributed by atoms with E-state index in [1.165, 1.54) is 0 Å². The van der Waals surface area contributed by atoms with Crippen LogP contribution in [0.1, 0.15) is 66.4 Å². The van der Waals surface area contributed by atoms with E-state index in [9.17, 15) is 11.6 Å². The molecule has 22 heavy (non-hydrogen) atoms. The predicted molar refractivity (Wildman–Crippen MR) is 86.9 cm³/mol. The zero-order valence-electron chi connectivity index (χ0n) is 19.0. The summed E-state index contributed by atoms with van der Waals surface area (Å²) in [6.45, 7) is 1.97. The van der Waals surface area contributed by atoms with Crippen molar-refractivity contribution in [1.29, 1.82) is 0 Å². The van der Waals surface area contributed by atoms with Crippen LogP contribution in [0.4, 0.5) is 0 Å². The van der Waals surface area contributed by atoms with Gasteiger partial charge in [0.15, 0.2) is 0 Å². The second kappa shape index (κ2) is 4.86. The van der Waals surface area contributed by atoms with Crippen LogP contribution in [0.3, 0.4) is 0 Å². The van der Waals surface area contributed by atoms with Gasteiger partial charge < -0.3 is 10.2 Å².